The summed E-state index contributed by atoms with van der Waals surface area (Å²) in [6.07, 6.45) is 22.2. The highest BCUT2D eigenvalue weighted by Gasteiger charge is 2.34. The fourth-order valence-corrected chi connectivity index (χ4v) is 6.39. The molecular formula is C35H64O7. The Morgan fingerprint density at radius 1 is 0.667 bits per heavy atom. The highest BCUT2D eigenvalue weighted by Crippen LogP contribution is 2.28. The number of aliphatic hydroxyl groups excluding tert-OH is 4. The molecule has 0 amide bonds. The molecule has 0 saturated carbocycles. The minimum Gasteiger partial charge on any atom is -0.455 e. The van der Waals surface area contributed by atoms with E-state index in [4.69, 9.17) is 9.47 Å². The van der Waals surface area contributed by atoms with E-state index < -0.39 is 18.3 Å². The SMILES string of the molecule is CCCCCCCCCCCC[C@@H](O)[C@H]1CC[C@H]([C@H](O)CCCCC(O)CCCC[C@@H](O)CCC2=C[C@H](C)OC2=O)O1. The Balaban J connectivity index is 1.42. The van der Waals surface area contributed by atoms with Gasteiger partial charge in [-0.1, -0.05) is 96.8 Å². The molecule has 0 radical (unpaired) electrons. The van der Waals surface area contributed by atoms with E-state index in [0.29, 0.717) is 37.7 Å². The Morgan fingerprint density at radius 3 is 1.57 bits per heavy atom. The molecule has 0 spiro atoms. The second kappa shape index (κ2) is 22.5. The van der Waals surface area contributed by atoms with Gasteiger partial charge >= 0.3 is 5.97 Å². The van der Waals surface area contributed by atoms with Crippen molar-refractivity contribution in [2.24, 2.45) is 0 Å². The Labute approximate surface area is 256 Å². The molecule has 1 fully saturated rings. The summed E-state index contributed by atoms with van der Waals surface area (Å²) in [5.41, 5.74) is 0.665. The molecule has 2 heterocycles. The molecule has 7 atom stereocenters. The molecule has 2 rings (SSSR count). The second-order valence-electron chi connectivity index (χ2n) is 13.1. The average Bonchev–Trinajstić information content (AvgIpc) is 3.59. The number of aliphatic hydroxyl groups is 4. The van der Waals surface area contributed by atoms with Gasteiger partial charge in [0.1, 0.15) is 6.10 Å². The van der Waals surface area contributed by atoms with Crippen molar-refractivity contribution in [2.75, 3.05) is 0 Å². The third-order valence-electron chi connectivity index (χ3n) is 9.15. The average molecular weight is 597 g/mol. The van der Waals surface area contributed by atoms with Gasteiger partial charge in [0.15, 0.2) is 0 Å². The van der Waals surface area contributed by atoms with E-state index in [1.54, 1.807) is 0 Å². The topological polar surface area (TPSA) is 116 Å². The summed E-state index contributed by atoms with van der Waals surface area (Å²) < 4.78 is 11.1. The molecule has 246 valence electrons. The monoisotopic (exact) mass is 596 g/mol. The largest absolute Gasteiger partial charge is 0.455 e. The molecule has 0 aromatic carbocycles. The standard InChI is InChI=1S/C35H64O7/c1-3-4-5-6-7-8-9-10-11-12-20-31(38)33-24-25-34(42-33)32(39)21-16-15-18-29(36)17-13-14-19-30(37)23-22-28-26-27(2)41-35(28)40/h26-27,29-34,36-39H,3-25H2,1-2H3/t27-,29?,30+,31+,32+,33+,34+/m0/s1. The Bertz CT molecular complexity index is 726. The molecule has 1 unspecified atom stereocenters. The lowest BCUT2D eigenvalue weighted by Crippen LogP contribution is -2.31. The molecule has 0 aromatic rings. The van der Waals surface area contributed by atoms with Crippen molar-refractivity contribution in [1.82, 2.24) is 0 Å². The third-order valence-corrected chi connectivity index (χ3v) is 9.15. The molecule has 42 heavy (non-hydrogen) atoms. The molecule has 4 N–H and O–H groups in total. The lowest BCUT2D eigenvalue weighted by Gasteiger charge is -2.22. The third kappa shape index (κ3) is 16.2. The van der Waals surface area contributed by atoms with Crippen LogP contribution in [0.15, 0.2) is 11.6 Å². The van der Waals surface area contributed by atoms with Crippen LogP contribution in [0, 0.1) is 0 Å². The van der Waals surface area contributed by atoms with Crippen LogP contribution in [0.3, 0.4) is 0 Å². The van der Waals surface area contributed by atoms with E-state index in [0.717, 1.165) is 57.8 Å². The normalized spacial score (nSPS) is 23.5. The van der Waals surface area contributed by atoms with Gasteiger partial charge in [-0.2, -0.15) is 0 Å². The van der Waals surface area contributed by atoms with Gasteiger partial charge in [-0.05, 0) is 70.8 Å². The van der Waals surface area contributed by atoms with Crippen LogP contribution in [-0.2, 0) is 14.3 Å². The quantitative estimate of drug-likeness (QED) is 0.0624. The lowest BCUT2D eigenvalue weighted by atomic mass is 9.99. The Kier molecular flexibility index (Phi) is 19.9. The van der Waals surface area contributed by atoms with E-state index in [2.05, 4.69) is 6.92 Å². The highest BCUT2D eigenvalue weighted by atomic mass is 16.5. The summed E-state index contributed by atoms with van der Waals surface area (Å²) >= 11 is 0. The summed E-state index contributed by atoms with van der Waals surface area (Å²) in [4.78, 5) is 11.6. The summed E-state index contributed by atoms with van der Waals surface area (Å²) in [7, 11) is 0. The van der Waals surface area contributed by atoms with Gasteiger partial charge in [-0.3, -0.25) is 0 Å². The fourth-order valence-electron chi connectivity index (χ4n) is 6.39. The number of carbonyl (C=O) groups is 1. The number of cyclic esters (lactones) is 1. The van der Waals surface area contributed by atoms with Crippen molar-refractivity contribution in [3.8, 4) is 0 Å². The lowest BCUT2D eigenvalue weighted by molar-refractivity contribution is -0.139. The molecule has 0 aliphatic carbocycles. The molecule has 2 aliphatic rings. The number of hydrogen-bond donors (Lipinski definition) is 4. The number of unbranched alkanes of at least 4 members (excludes halogenated alkanes) is 11. The zero-order chi connectivity index (χ0) is 30.6. The van der Waals surface area contributed by atoms with Crippen LogP contribution >= 0.6 is 0 Å². The van der Waals surface area contributed by atoms with Crippen LogP contribution in [0.4, 0.5) is 0 Å². The van der Waals surface area contributed by atoms with E-state index in [1.807, 2.05) is 13.0 Å². The number of carbonyl (C=O) groups excluding carboxylic acids is 1. The van der Waals surface area contributed by atoms with Crippen LogP contribution in [0.2, 0.25) is 0 Å². The molecule has 7 heteroatoms. The summed E-state index contributed by atoms with van der Waals surface area (Å²) in [5, 5.41) is 41.7. The first kappa shape index (κ1) is 37.2. The van der Waals surface area contributed by atoms with E-state index in [1.165, 1.54) is 57.8 Å². The summed E-state index contributed by atoms with van der Waals surface area (Å²) in [6, 6.07) is 0. The Morgan fingerprint density at radius 2 is 1.10 bits per heavy atom. The number of esters is 1. The Hall–Kier alpha value is -0.990. The van der Waals surface area contributed by atoms with Gasteiger partial charge in [0, 0.05) is 5.57 Å². The van der Waals surface area contributed by atoms with Crippen LogP contribution < -0.4 is 0 Å². The maximum atomic E-state index is 11.6. The molecule has 7 nitrogen and oxygen atoms in total. The van der Waals surface area contributed by atoms with Gasteiger partial charge < -0.3 is 29.9 Å². The first-order valence-electron chi connectivity index (χ1n) is 17.6. The van der Waals surface area contributed by atoms with Gasteiger partial charge in [0.2, 0.25) is 0 Å². The molecule has 0 bridgehead atoms. The summed E-state index contributed by atoms with van der Waals surface area (Å²) in [6.45, 7) is 4.09. The fraction of sp³-hybridized carbons (Fsp3) is 0.914. The van der Waals surface area contributed by atoms with Crippen molar-refractivity contribution in [2.45, 2.75) is 204 Å². The van der Waals surface area contributed by atoms with Gasteiger partial charge in [0.05, 0.1) is 36.6 Å². The molecule has 1 saturated heterocycles. The minimum absolute atomic E-state index is 0.149. The number of ether oxygens (including phenoxy) is 2. The number of hydrogen-bond acceptors (Lipinski definition) is 7. The van der Waals surface area contributed by atoms with Crippen molar-refractivity contribution in [1.29, 1.82) is 0 Å². The maximum Gasteiger partial charge on any atom is 0.334 e. The van der Waals surface area contributed by atoms with Crippen molar-refractivity contribution in [3.63, 3.8) is 0 Å². The minimum atomic E-state index is -0.511. The first-order valence-corrected chi connectivity index (χ1v) is 17.6. The molecular weight excluding hydrogens is 532 g/mol. The smallest absolute Gasteiger partial charge is 0.334 e. The van der Waals surface area contributed by atoms with E-state index >= 15 is 0 Å². The van der Waals surface area contributed by atoms with Crippen molar-refractivity contribution < 1.29 is 34.7 Å². The van der Waals surface area contributed by atoms with Crippen molar-refractivity contribution >= 4 is 5.97 Å². The second-order valence-corrected chi connectivity index (χ2v) is 13.1. The van der Waals surface area contributed by atoms with Gasteiger partial charge in [-0.25, -0.2) is 4.79 Å². The zero-order valence-electron chi connectivity index (χ0n) is 26.9. The van der Waals surface area contributed by atoms with Crippen LogP contribution in [0.5, 0.6) is 0 Å². The maximum absolute atomic E-state index is 11.6. The number of rotatable bonds is 26. The van der Waals surface area contributed by atoms with Gasteiger partial charge in [-0.15, -0.1) is 0 Å². The predicted molar refractivity (Wildman–Crippen MR) is 168 cm³/mol. The van der Waals surface area contributed by atoms with Gasteiger partial charge in [0.25, 0.3) is 0 Å². The molecule has 2 aliphatic heterocycles. The zero-order valence-corrected chi connectivity index (χ0v) is 26.9. The van der Waals surface area contributed by atoms with Crippen LogP contribution in [0.25, 0.3) is 0 Å². The van der Waals surface area contributed by atoms with Crippen LogP contribution in [-0.4, -0.2) is 69.1 Å². The molecule has 0 aromatic heterocycles. The first-order chi connectivity index (χ1) is 20.3. The highest BCUT2D eigenvalue weighted by molar-refractivity contribution is 5.90. The van der Waals surface area contributed by atoms with Crippen molar-refractivity contribution in [3.05, 3.63) is 11.6 Å². The van der Waals surface area contributed by atoms with E-state index in [9.17, 15) is 25.2 Å². The van der Waals surface area contributed by atoms with E-state index in [-0.39, 0.29) is 30.4 Å². The summed E-state index contributed by atoms with van der Waals surface area (Å²) in [5.74, 6) is -0.265. The van der Waals surface area contributed by atoms with Crippen LogP contribution in [0.1, 0.15) is 162 Å². The predicted octanol–water partition coefficient (Wildman–Crippen LogP) is 7.06.